The second kappa shape index (κ2) is 3.37. The van der Waals surface area contributed by atoms with E-state index in [-0.39, 0.29) is 16.7 Å². The summed E-state index contributed by atoms with van der Waals surface area (Å²) in [5.41, 5.74) is 2.25. The van der Waals surface area contributed by atoms with Crippen molar-refractivity contribution in [1.82, 2.24) is 0 Å². The Hall–Kier alpha value is -1.31. The Morgan fingerprint density at radius 3 is 2.50 bits per heavy atom. The second-order valence-corrected chi connectivity index (χ2v) is 6.66. The number of rotatable bonds is 2. The first-order chi connectivity index (χ1) is 8.35. The molecule has 0 atom stereocenters. The fourth-order valence-corrected chi connectivity index (χ4v) is 3.36. The quantitative estimate of drug-likeness (QED) is 0.744. The maximum atomic E-state index is 12.6. The Morgan fingerprint density at radius 2 is 1.89 bits per heavy atom. The summed E-state index contributed by atoms with van der Waals surface area (Å²) in [4.78, 5) is 12.6. The van der Waals surface area contributed by atoms with Gasteiger partial charge in [-0.25, -0.2) is 0 Å². The average Bonchev–Trinajstić information content (AvgIpc) is 2.69. The SMILES string of the molecule is CC1(C)C(C(=O)c2ccc3c(c2)CCO3)C1(C)C. The van der Waals surface area contributed by atoms with Crippen LogP contribution in [0.4, 0.5) is 0 Å². The van der Waals surface area contributed by atoms with Crippen molar-refractivity contribution in [1.29, 1.82) is 0 Å². The number of carbonyl (C=O) groups is 1. The van der Waals surface area contributed by atoms with Crippen molar-refractivity contribution in [2.24, 2.45) is 16.7 Å². The molecule has 2 heteroatoms. The van der Waals surface area contributed by atoms with Crippen LogP contribution in [0.2, 0.25) is 0 Å². The number of hydrogen-bond acceptors (Lipinski definition) is 2. The summed E-state index contributed by atoms with van der Waals surface area (Å²) in [6.07, 6.45) is 0.925. The molecule has 1 fully saturated rings. The van der Waals surface area contributed by atoms with Gasteiger partial charge in [-0.3, -0.25) is 4.79 Å². The van der Waals surface area contributed by atoms with Gasteiger partial charge in [0.15, 0.2) is 5.78 Å². The highest BCUT2D eigenvalue weighted by molar-refractivity contribution is 6.01. The largest absolute Gasteiger partial charge is 0.493 e. The molecule has 96 valence electrons. The van der Waals surface area contributed by atoms with E-state index in [2.05, 4.69) is 27.7 Å². The molecule has 1 aliphatic heterocycles. The van der Waals surface area contributed by atoms with Crippen LogP contribution in [0.1, 0.15) is 43.6 Å². The van der Waals surface area contributed by atoms with Crippen molar-refractivity contribution in [3.63, 3.8) is 0 Å². The maximum Gasteiger partial charge on any atom is 0.167 e. The lowest BCUT2D eigenvalue weighted by Gasteiger charge is -2.05. The summed E-state index contributed by atoms with van der Waals surface area (Å²) in [5, 5.41) is 0. The number of hydrogen-bond donors (Lipinski definition) is 0. The van der Waals surface area contributed by atoms with Gasteiger partial charge in [0.2, 0.25) is 0 Å². The number of Topliss-reactive ketones (excluding diaryl/α,β-unsaturated/α-hetero) is 1. The van der Waals surface area contributed by atoms with Crippen molar-refractivity contribution in [3.05, 3.63) is 29.3 Å². The minimum absolute atomic E-state index is 0.111. The fraction of sp³-hybridized carbons (Fsp3) is 0.562. The van der Waals surface area contributed by atoms with Crippen LogP contribution in [0.5, 0.6) is 5.75 Å². The second-order valence-electron chi connectivity index (χ2n) is 6.66. The van der Waals surface area contributed by atoms with Gasteiger partial charge in [0, 0.05) is 17.9 Å². The highest BCUT2D eigenvalue weighted by Gasteiger charge is 2.67. The van der Waals surface area contributed by atoms with Crippen molar-refractivity contribution >= 4 is 5.78 Å². The Balaban J connectivity index is 1.91. The minimum Gasteiger partial charge on any atom is -0.493 e. The number of ketones is 1. The predicted molar refractivity (Wildman–Crippen MR) is 71.0 cm³/mol. The van der Waals surface area contributed by atoms with E-state index in [1.54, 1.807) is 0 Å². The van der Waals surface area contributed by atoms with E-state index in [1.165, 1.54) is 5.56 Å². The molecule has 1 aliphatic carbocycles. The van der Waals surface area contributed by atoms with Crippen LogP contribution in [0, 0.1) is 16.7 Å². The van der Waals surface area contributed by atoms with E-state index in [4.69, 9.17) is 4.74 Å². The number of fused-ring (bicyclic) bond motifs is 1. The molecule has 3 rings (SSSR count). The standard InChI is InChI=1S/C16H20O2/c1-15(2)14(16(15,3)4)13(17)11-5-6-12-10(9-11)7-8-18-12/h5-6,9,14H,7-8H2,1-4H3. The van der Waals surface area contributed by atoms with E-state index < -0.39 is 0 Å². The molecule has 2 aliphatic rings. The lowest BCUT2D eigenvalue weighted by molar-refractivity contribution is 0.0945. The summed E-state index contributed by atoms with van der Waals surface area (Å²) >= 11 is 0. The van der Waals surface area contributed by atoms with Gasteiger partial charge < -0.3 is 4.74 Å². The van der Waals surface area contributed by atoms with Gasteiger partial charge in [0.05, 0.1) is 6.61 Å². The van der Waals surface area contributed by atoms with Crippen LogP contribution in [0.3, 0.4) is 0 Å². The lowest BCUT2D eigenvalue weighted by atomic mass is 9.99. The summed E-state index contributed by atoms with van der Waals surface area (Å²) in [6.45, 7) is 9.49. The van der Waals surface area contributed by atoms with Crippen molar-refractivity contribution in [2.45, 2.75) is 34.1 Å². The zero-order valence-corrected chi connectivity index (χ0v) is 11.5. The Morgan fingerprint density at radius 1 is 1.22 bits per heavy atom. The Kier molecular flexibility index (Phi) is 2.20. The van der Waals surface area contributed by atoms with Crippen molar-refractivity contribution < 1.29 is 9.53 Å². The molecule has 1 aromatic carbocycles. The molecule has 0 saturated heterocycles. The highest BCUT2D eigenvalue weighted by atomic mass is 16.5. The molecule has 0 unspecified atom stereocenters. The fourth-order valence-electron chi connectivity index (χ4n) is 3.36. The minimum atomic E-state index is 0.111. The molecule has 0 amide bonds. The van der Waals surface area contributed by atoms with E-state index in [0.29, 0.717) is 5.78 Å². The number of carbonyl (C=O) groups excluding carboxylic acids is 1. The third-order valence-electron chi connectivity index (χ3n) is 5.26. The van der Waals surface area contributed by atoms with E-state index >= 15 is 0 Å². The van der Waals surface area contributed by atoms with Gasteiger partial charge in [0.1, 0.15) is 5.75 Å². The molecular formula is C16H20O2. The Labute approximate surface area is 108 Å². The van der Waals surface area contributed by atoms with Gasteiger partial charge in [-0.05, 0) is 34.6 Å². The van der Waals surface area contributed by atoms with E-state index in [0.717, 1.165) is 24.3 Å². The van der Waals surface area contributed by atoms with Gasteiger partial charge in [0.25, 0.3) is 0 Å². The van der Waals surface area contributed by atoms with Crippen molar-refractivity contribution in [3.8, 4) is 5.75 Å². The molecule has 1 saturated carbocycles. The van der Waals surface area contributed by atoms with Gasteiger partial charge in [-0.15, -0.1) is 0 Å². The number of ether oxygens (including phenoxy) is 1. The van der Waals surface area contributed by atoms with Crippen LogP contribution in [0.25, 0.3) is 0 Å². The van der Waals surface area contributed by atoms with Gasteiger partial charge in [-0.2, -0.15) is 0 Å². The topological polar surface area (TPSA) is 26.3 Å². The van der Waals surface area contributed by atoms with Crippen molar-refractivity contribution in [2.75, 3.05) is 6.61 Å². The molecule has 0 bridgehead atoms. The molecular weight excluding hydrogens is 224 g/mol. The summed E-state index contributed by atoms with van der Waals surface area (Å²) in [5.74, 6) is 1.38. The third-order valence-corrected chi connectivity index (χ3v) is 5.26. The van der Waals surface area contributed by atoms with Crippen LogP contribution >= 0.6 is 0 Å². The predicted octanol–water partition coefficient (Wildman–Crippen LogP) is 3.49. The maximum absolute atomic E-state index is 12.6. The van der Waals surface area contributed by atoms with Crippen LogP contribution in [-0.2, 0) is 6.42 Å². The summed E-state index contributed by atoms with van der Waals surface area (Å²) in [6, 6.07) is 5.88. The Bertz CT molecular complexity index is 512. The van der Waals surface area contributed by atoms with Crippen LogP contribution < -0.4 is 4.74 Å². The molecule has 0 N–H and O–H groups in total. The summed E-state index contributed by atoms with van der Waals surface area (Å²) in [7, 11) is 0. The zero-order valence-electron chi connectivity index (χ0n) is 11.5. The molecule has 1 aromatic rings. The molecule has 0 radical (unpaired) electrons. The lowest BCUT2D eigenvalue weighted by Crippen LogP contribution is -2.07. The molecule has 2 nitrogen and oxygen atoms in total. The smallest absolute Gasteiger partial charge is 0.167 e. The number of benzene rings is 1. The zero-order chi connectivity index (χ0) is 13.1. The van der Waals surface area contributed by atoms with Crippen LogP contribution in [0.15, 0.2) is 18.2 Å². The van der Waals surface area contributed by atoms with E-state index in [9.17, 15) is 4.79 Å². The third kappa shape index (κ3) is 1.38. The molecule has 1 heterocycles. The average molecular weight is 244 g/mol. The normalized spacial score (nSPS) is 23.3. The van der Waals surface area contributed by atoms with Gasteiger partial charge in [-0.1, -0.05) is 27.7 Å². The summed E-state index contributed by atoms with van der Waals surface area (Å²) < 4.78 is 5.48. The molecule has 0 spiro atoms. The first-order valence-corrected chi connectivity index (χ1v) is 6.65. The molecule has 0 aromatic heterocycles. The molecule has 18 heavy (non-hydrogen) atoms. The monoisotopic (exact) mass is 244 g/mol. The van der Waals surface area contributed by atoms with Gasteiger partial charge >= 0.3 is 0 Å². The first kappa shape index (κ1) is 11.8. The van der Waals surface area contributed by atoms with E-state index in [1.807, 2.05) is 18.2 Å². The first-order valence-electron chi connectivity index (χ1n) is 6.65. The van der Waals surface area contributed by atoms with Crippen LogP contribution in [-0.4, -0.2) is 12.4 Å². The highest BCUT2D eigenvalue weighted by Crippen LogP contribution is 2.69.